The van der Waals surface area contributed by atoms with E-state index in [1.807, 2.05) is 31.3 Å². The molecule has 4 nitrogen and oxygen atoms in total. The highest BCUT2D eigenvalue weighted by Crippen LogP contribution is 2.25. The van der Waals surface area contributed by atoms with Gasteiger partial charge in [-0.05, 0) is 12.1 Å². The largest absolute Gasteiger partial charge is 0.383 e. The van der Waals surface area contributed by atoms with Gasteiger partial charge in [0, 0.05) is 26.1 Å². The zero-order valence-electron chi connectivity index (χ0n) is 10.4. The van der Waals surface area contributed by atoms with E-state index < -0.39 is 0 Å². The van der Waals surface area contributed by atoms with Crippen molar-refractivity contribution in [2.45, 2.75) is 0 Å². The van der Waals surface area contributed by atoms with Crippen molar-refractivity contribution in [1.29, 1.82) is 0 Å². The third kappa shape index (κ3) is 2.35. The number of hydrogen-bond acceptors (Lipinski definition) is 2. The second-order valence-electron chi connectivity index (χ2n) is 4.01. The molecule has 18 heavy (non-hydrogen) atoms. The Bertz CT molecular complexity index is 578. The van der Waals surface area contributed by atoms with E-state index in [1.54, 1.807) is 11.7 Å². The minimum Gasteiger partial charge on any atom is -0.383 e. The molecule has 0 aliphatic heterocycles. The Morgan fingerprint density at radius 3 is 2.94 bits per heavy atom. The summed E-state index contributed by atoms with van der Waals surface area (Å²) in [4.78, 5) is 12.0. The lowest BCUT2D eigenvalue weighted by atomic mass is 10.2. The van der Waals surface area contributed by atoms with Crippen LogP contribution in [0.1, 0.15) is 10.5 Å². The van der Waals surface area contributed by atoms with Gasteiger partial charge in [-0.2, -0.15) is 0 Å². The summed E-state index contributed by atoms with van der Waals surface area (Å²) in [6.45, 7) is 0.987. The van der Waals surface area contributed by atoms with E-state index in [0.29, 0.717) is 23.9 Å². The molecule has 0 atom stereocenters. The third-order valence-corrected chi connectivity index (χ3v) is 3.14. The second-order valence-corrected chi connectivity index (χ2v) is 4.42. The summed E-state index contributed by atoms with van der Waals surface area (Å²) >= 11 is 6.13. The van der Waals surface area contributed by atoms with Crippen LogP contribution in [0.2, 0.25) is 5.02 Å². The molecule has 1 heterocycles. The van der Waals surface area contributed by atoms with Gasteiger partial charge < -0.3 is 14.6 Å². The monoisotopic (exact) mass is 266 g/mol. The van der Waals surface area contributed by atoms with Gasteiger partial charge >= 0.3 is 0 Å². The number of aromatic nitrogens is 1. The van der Waals surface area contributed by atoms with Crippen LogP contribution in [0.25, 0.3) is 10.9 Å². The van der Waals surface area contributed by atoms with E-state index >= 15 is 0 Å². The summed E-state index contributed by atoms with van der Waals surface area (Å²) in [5.74, 6) is -0.123. The van der Waals surface area contributed by atoms with Crippen molar-refractivity contribution in [3.05, 3.63) is 35.0 Å². The minimum absolute atomic E-state index is 0.123. The van der Waals surface area contributed by atoms with Gasteiger partial charge in [0.25, 0.3) is 5.91 Å². The quantitative estimate of drug-likeness (QED) is 0.863. The highest BCUT2D eigenvalue weighted by atomic mass is 35.5. The molecule has 96 valence electrons. The van der Waals surface area contributed by atoms with Crippen LogP contribution in [0, 0.1) is 0 Å². The zero-order chi connectivity index (χ0) is 13.1. The molecule has 1 aromatic heterocycles. The molecule has 0 fully saturated rings. The predicted octanol–water partition coefficient (Wildman–Crippen LogP) is 2.21. The second kappa shape index (κ2) is 5.42. The molecule has 1 aromatic carbocycles. The maximum absolute atomic E-state index is 12.0. The fourth-order valence-electron chi connectivity index (χ4n) is 1.94. The van der Waals surface area contributed by atoms with Crippen LogP contribution < -0.4 is 5.32 Å². The van der Waals surface area contributed by atoms with Crippen molar-refractivity contribution in [1.82, 2.24) is 9.88 Å². The number of halogens is 1. The molecule has 0 aliphatic carbocycles. The smallest absolute Gasteiger partial charge is 0.268 e. The molecule has 1 amide bonds. The van der Waals surface area contributed by atoms with E-state index in [2.05, 4.69) is 5.32 Å². The molecular formula is C13H15ClN2O2. The molecule has 0 bridgehead atoms. The normalized spacial score (nSPS) is 10.8. The van der Waals surface area contributed by atoms with Crippen LogP contribution in [0.5, 0.6) is 0 Å². The number of carbonyl (C=O) groups excluding carboxylic acids is 1. The lowest BCUT2D eigenvalue weighted by molar-refractivity contribution is 0.0929. The number of rotatable bonds is 4. The SMILES string of the molecule is COCCNC(=O)c1cc2cccc(Cl)c2n1C. The van der Waals surface area contributed by atoms with Gasteiger partial charge in [0.15, 0.2) is 0 Å². The number of methoxy groups -OCH3 is 1. The van der Waals surface area contributed by atoms with Crippen LogP contribution in [0.3, 0.4) is 0 Å². The predicted molar refractivity (Wildman–Crippen MR) is 72.1 cm³/mol. The van der Waals surface area contributed by atoms with Gasteiger partial charge in [-0.15, -0.1) is 0 Å². The number of para-hydroxylation sites is 1. The summed E-state index contributed by atoms with van der Waals surface area (Å²) in [7, 11) is 3.43. The molecule has 1 N–H and O–H groups in total. The van der Waals surface area contributed by atoms with Crippen LogP contribution in [0.15, 0.2) is 24.3 Å². The van der Waals surface area contributed by atoms with E-state index in [-0.39, 0.29) is 5.91 Å². The summed E-state index contributed by atoms with van der Waals surface area (Å²) in [6.07, 6.45) is 0. The number of amides is 1. The Balaban J connectivity index is 2.31. The number of carbonyl (C=O) groups is 1. The molecule has 2 aromatic rings. The van der Waals surface area contributed by atoms with Crippen LogP contribution in [-0.2, 0) is 11.8 Å². The number of hydrogen-bond donors (Lipinski definition) is 1. The van der Waals surface area contributed by atoms with Gasteiger partial charge in [-0.3, -0.25) is 4.79 Å². The molecule has 2 rings (SSSR count). The maximum Gasteiger partial charge on any atom is 0.268 e. The van der Waals surface area contributed by atoms with Crippen LogP contribution in [-0.4, -0.2) is 30.7 Å². The van der Waals surface area contributed by atoms with E-state index in [0.717, 1.165) is 10.9 Å². The van der Waals surface area contributed by atoms with Gasteiger partial charge in [0.2, 0.25) is 0 Å². The average Bonchev–Trinajstić information content (AvgIpc) is 2.68. The number of ether oxygens (including phenoxy) is 1. The van der Waals surface area contributed by atoms with Gasteiger partial charge in [-0.1, -0.05) is 23.7 Å². The van der Waals surface area contributed by atoms with E-state index in [4.69, 9.17) is 16.3 Å². The Labute approximate surface area is 110 Å². The number of benzene rings is 1. The highest BCUT2D eigenvalue weighted by molar-refractivity contribution is 6.35. The fourth-order valence-corrected chi connectivity index (χ4v) is 2.25. The number of aryl methyl sites for hydroxylation is 1. The Kier molecular flexibility index (Phi) is 3.89. The number of fused-ring (bicyclic) bond motifs is 1. The average molecular weight is 267 g/mol. The molecule has 0 aliphatic rings. The maximum atomic E-state index is 12.0. The van der Waals surface area contributed by atoms with Gasteiger partial charge in [0.1, 0.15) is 5.69 Å². The van der Waals surface area contributed by atoms with Gasteiger partial charge in [0.05, 0.1) is 17.1 Å². The van der Waals surface area contributed by atoms with E-state index in [9.17, 15) is 4.79 Å². The molecule has 0 radical (unpaired) electrons. The molecule has 5 heteroatoms. The molecule has 0 saturated heterocycles. The Hall–Kier alpha value is -1.52. The summed E-state index contributed by atoms with van der Waals surface area (Å²) < 4.78 is 6.70. The lowest BCUT2D eigenvalue weighted by Crippen LogP contribution is -2.28. The van der Waals surface area contributed by atoms with Crippen molar-refractivity contribution in [3.8, 4) is 0 Å². The number of nitrogens with one attached hydrogen (secondary N) is 1. The van der Waals surface area contributed by atoms with Crippen molar-refractivity contribution >= 4 is 28.4 Å². The molecular weight excluding hydrogens is 252 g/mol. The van der Waals surface area contributed by atoms with Crippen molar-refractivity contribution in [3.63, 3.8) is 0 Å². The number of nitrogens with zero attached hydrogens (tertiary/aromatic N) is 1. The lowest BCUT2D eigenvalue weighted by Gasteiger charge is -2.06. The summed E-state index contributed by atoms with van der Waals surface area (Å²) in [5.41, 5.74) is 1.46. The van der Waals surface area contributed by atoms with Crippen molar-refractivity contribution < 1.29 is 9.53 Å². The summed E-state index contributed by atoms with van der Waals surface area (Å²) in [5, 5.41) is 4.40. The van der Waals surface area contributed by atoms with Crippen molar-refractivity contribution in [2.75, 3.05) is 20.3 Å². The van der Waals surface area contributed by atoms with Crippen LogP contribution in [0.4, 0.5) is 0 Å². The Morgan fingerprint density at radius 2 is 2.28 bits per heavy atom. The first kappa shape index (κ1) is 12.9. The highest BCUT2D eigenvalue weighted by Gasteiger charge is 2.14. The standard InChI is InChI=1S/C13H15ClN2O2/c1-16-11(13(17)15-6-7-18-2)8-9-4-3-5-10(14)12(9)16/h3-5,8H,6-7H2,1-2H3,(H,15,17). The van der Waals surface area contributed by atoms with Crippen molar-refractivity contribution in [2.24, 2.45) is 7.05 Å². The topological polar surface area (TPSA) is 43.3 Å². The molecule has 0 spiro atoms. The first-order valence-electron chi connectivity index (χ1n) is 5.66. The van der Waals surface area contributed by atoms with Crippen LogP contribution >= 0.6 is 11.6 Å². The minimum atomic E-state index is -0.123. The first-order valence-corrected chi connectivity index (χ1v) is 6.04. The van der Waals surface area contributed by atoms with E-state index in [1.165, 1.54) is 0 Å². The first-order chi connectivity index (χ1) is 8.65. The third-order valence-electron chi connectivity index (χ3n) is 2.83. The van der Waals surface area contributed by atoms with Gasteiger partial charge in [-0.25, -0.2) is 0 Å². The fraction of sp³-hybridized carbons (Fsp3) is 0.308. The zero-order valence-corrected chi connectivity index (χ0v) is 11.1. The molecule has 0 unspecified atom stereocenters. The Morgan fingerprint density at radius 1 is 1.50 bits per heavy atom. The summed E-state index contributed by atoms with van der Waals surface area (Å²) in [6, 6.07) is 7.46. The molecule has 0 saturated carbocycles.